The van der Waals surface area contributed by atoms with Crippen LogP contribution < -0.4 is 0 Å². The van der Waals surface area contributed by atoms with Crippen LogP contribution in [0.3, 0.4) is 0 Å². The van der Waals surface area contributed by atoms with Crippen LogP contribution in [0.5, 0.6) is 0 Å². The molecule has 0 bridgehead atoms. The molecule has 0 atom stereocenters. The van der Waals surface area contributed by atoms with Crippen molar-refractivity contribution in [3.63, 3.8) is 0 Å². The number of aromatic nitrogens is 3. The van der Waals surface area contributed by atoms with Gasteiger partial charge in [0.2, 0.25) is 5.69 Å². The second kappa shape index (κ2) is 4.65. The number of carboxylic acids is 1. The highest BCUT2D eigenvalue weighted by Gasteiger charge is 2.42. The predicted octanol–water partition coefficient (Wildman–Crippen LogP) is 1.86. The molecule has 0 fully saturated rings. The number of carbonyl (C=O) groups is 1. The molecule has 0 aliphatic heterocycles. The molecule has 0 aliphatic carbocycles. The molecule has 1 N–H and O–H groups in total. The zero-order valence-electron chi connectivity index (χ0n) is 9.59. The Morgan fingerprint density at radius 1 is 1.40 bits per heavy atom. The minimum atomic E-state index is -4.94. The molecule has 2 rings (SSSR count). The van der Waals surface area contributed by atoms with Crippen molar-refractivity contribution in [3.8, 4) is 11.8 Å². The first-order valence-corrected chi connectivity index (χ1v) is 5.11. The molecular weight excluding hydrogens is 277 g/mol. The highest BCUT2D eigenvalue weighted by atomic mass is 19.4. The molecule has 0 amide bonds. The van der Waals surface area contributed by atoms with Crippen molar-refractivity contribution in [2.75, 3.05) is 0 Å². The summed E-state index contributed by atoms with van der Waals surface area (Å²) in [7, 11) is 0. The molecule has 0 unspecified atom stereocenters. The van der Waals surface area contributed by atoms with E-state index >= 15 is 0 Å². The van der Waals surface area contributed by atoms with E-state index in [1.807, 2.05) is 0 Å². The van der Waals surface area contributed by atoms with Crippen LogP contribution in [0.25, 0.3) is 5.69 Å². The van der Waals surface area contributed by atoms with Gasteiger partial charge in [0.1, 0.15) is 0 Å². The summed E-state index contributed by atoms with van der Waals surface area (Å²) in [6.45, 7) is 0. The summed E-state index contributed by atoms with van der Waals surface area (Å²) < 4.78 is 39.2. The van der Waals surface area contributed by atoms with Crippen molar-refractivity contribution in [2.24, 2.45) is 0 Å². The summed E-state index contributed by atoms with van der Waals surface area (Å²) in [6.07, 6.45) is -4.94. The molecule has 20 heavy (non-hydrogen) atoms. The number of alkyl halides is 3. The van der Waals surface area contributed by atoms with Gasteiger partial charge in [0, 0.05) is 0 Å². The molecule has 102 valence electrons. The van der Waals surface area contributed by atoms with Crippen LogP contribution in [-0.2, 0) is 6.18 Å². The smallest absolute Gasteiger partial charge is 0.436 e. The van der Waals surface area contributed by atoms with Crippen molar-refractivity contribution in [1.29, 1.82) is 5.26 Å². The van der Waals surface area contributed by atoms with E-state index in [0.29, 0.717) is 4.68 Å². The molecule has 1 aromatic heterocycles. The lowest BCUT2D eigenvalue weighted by molar-refractivity contribution is -0.143. The monoisotopic (exact) mass is 282 g/mol. The largest absolute Gasteiger partial charge is 0.476 e. The Balaban J connectivity index is 2.69. The number of nitriles is 1. The number of hydrogen-bond donors (Lipinski definition) is 1. The molecule has 0 saturated heterocycles. The van der Waals surface area contributed by atoms with Crippen LogP contribution in [0, 0.1) is 11.3 Å². The molecule has 9 heteroatoms. The molecule has 6 nitrogen and oxygen atoms in total. The van der Waals surface area contributed by atoms with Crippen LogP contribution in [0.1, 0.15) is 21.7 Å². The normalized spacial score (nSPS) is 11.1. The van der Waals surface area contributed by atoms with Crippen LogP contribution in [-0.4, -0.2) is 26.1 Å². The van der Waals surface area contributed by atoms with E-state index in [-0.39, 0.29) is 11.3 Å². The first kappa shape index (κ1) is 13.5. The van der Waals surface area contributed by atoms with Gasteiger partial charge in [0.25, 0.3) is 0 Å². The highest BCUT2D eigenvalue weighted by molar-refractivity contribution is 5.86. The van der Waals surface area contributed by atoms with Gasteiger partial charge >= 0.3 is 12.1 Å². The Labute approximate surface area is 109 Å². The SMILES string of the molecule is N#Cc1cccc(-n2nnc(C(=O)O)c2C(F)(F)F)c1. The summed E-state index contributed by atoms with van der Waals surface area (Å²) >= 11 is 0. The van der Waals surface area contributed by atoms with E-state index in [4.69, 9.17) is 10.4 Å². The number of halogens is 3. The third-order valence-electron chi connectivity index (χ3n) is 2.36. The van der Waals surface area contributed by atoms with Gasteiger partial charge in [-0.3, -0.25) is 0 Å². The number of benzene rings is 1. The van der Waals surface area contributed by atoms with Gasteiger partial charge in [-0.25, -0.2) is 9.48 Å². The summed E-state index contributed by atoms with van der Waals surface area (Å²) in [4.78, 5) is 10.8. The number of rotatable bonds is 2. The van der Waals surface area contributed by atoms with E-state index in [2.05, 4.69) is 10.3 Å². The molecule has 2 aromatic rings. The fraction of sp³-hybridized carbons (Fsp3) is 0.0909. The van der Waals surface area contributed by atoms with E-state index < -0.39 is 23.5 Å². The minimum Gasteiger partial charge on any atom is -0.476 e. The Morgan fingerprint density at radius 3 is 2.65 bits per heavy atom. The maximum absolute atomic E-state index is 12.9. The maximum Gasteiger partial charge on any atom is 0.436 e. The molecule has 1 heterocycles. The highest BCUT2D eigenvalue weighted by Crippen LogP contribution is 2.32. The lowest BCUT2D eigenvalue weighted by Crippen LogP contribution is -2.17. The predicted molar refractivity (Wildman–Crippen MR) is 58.0 cm³/mol. The molecule has 0 saturated carbocycles. The summed E-state index contributed by atoms with van der Waals surface area (Å²) in [5.41, 5.74) is -2.68. The number of aromatic carboxylic acids is 1. The number of carboxylic acid groups (broad SMARTS) is 1. The zero-order valence-corrected chi connectivity index (χ0v) is 9.59. The van der Waals surface area contributed by atoms with Crippen molar-refractivity contribution in [3.05, 3.63) is 41.2 Å². The Kier molecular flexibility index (Phi) is 3.15. The standard InChI is InChI=1S/C11H5F3N4O2/c12-11(13,14)9-8(10(19)20)16-17-18(9)7-3-1-2-6(4-7)5-15/h1-4H,(H,19,20). The topological polar surface area (TPSA) is 91.8 Å². The third kappa shape index (κ3) is 2.31. The summed E-state index contributed by atoms with van der Waals surface area (Å²) in [5, 5.41) is 23.7. The lowest BCUT2D eigenvalue weighted by Gasteiger charge is -2.10. The van der Waals surface area contributed by atoms with Gasteiger partial charge in [-0.05, 0) is 18.2 Å². The Bertz CT molecular complexity index is 715. The van der Waals surface area contributed by atoms with Gasteiger partial charge in [-0.15, -0.1) is 5.10 Å². The lowest BCUT2D eigenvalue weighted by atomic mass is 10.2. The Hall–Kier alpha value is -2.89. The van der Waals surface area contributed by atoms with Gasteiger partial charge in [-0.1, -0.05) is 11.3 Å². The van der Waals surface area contributed by atoms with Crippen molar-refractivity contribution < 1.29 is 23.1 Å². The maximum atomic E-state index is 12.9. The summed E-state index contributed by atoms with van der Waals surface area (Å²) in [5.74, 6) is -1.83. The Morgan fingerprint density at radius 2 is 2.10 bits per heavy atom. The van der Waals surface area contributed by atoms with Gasteiger partial charge in [-0.2, -0.15) is 18.4 Å². The first-order chi connectivity index (χ1) is 9.34. The van der Waals surface area contributed by atoms with Crippen LogP contribution in [0.2, 0.25) is 0 Å². The first-order valence-electron chi connectivity index (χ1n) is 5.11. The van der Waals surface area contributed by atoms with Crippen LogP contribution in [0.4, 0.5) is 13.2 Å². The van der Waals surface area contributed by atoms with E-state index in [9.17, 15) is 18.0 Å². The second-order valence-electron chi connectivity index (χ2n) is 3.66. The summed E-state index contributed by atoms with van der Waals surface area (Å²) in [6, 6.07) is 6.93. The van der Waals surface area contributed by atoms with Gasteiger partial charge in [0.15, 0.2) is 5.69 Å². The van der Waals surface area contributed by atoms with Gasteiger partial charge in [0.05, 0.1) is 17.3 Å². The minimum absolute atomic E-state index is 0.101. The van der Waals surface area contributed by atoms with Crippen molar-refractivity contribution >= 4 is 5.97 Å². The molecule has 0 spiro atoms. The third-order valence-corrected chi connectivity index (χ3v) is 2.36. The van der Waals surface area contributed by atoms with Crippen molar-refractivity contribution in [2.45, 2.75) is 6.18 Å². The quantitative estimate of drug-likeness (QED) is 0.907. The van der Waals surface area contributed by atoms with Crippen molar-refractivity contribution in [1.82, 2.24) is 15.0 Å². The van der Waals surface area contributed by atoms with Crippen LogP contribution in [0.15, 0.2) is 24.3 Å². The number of hydrogen-bond acceptors (Lipinski definition) is 4. The molecule has 1 aromatic carbocycles. The van der Waals surface area contributed by atoms with E-state index in [0.717, 1.165) is 6.07 Å². The zero-order chi connectivity index (χ0) is 14.9. The molecular formula is C11H5F3N4O2. The van der Waals surface area contributed by atoms with Gasteiger partial charge < -0.3 is 5.11 Å². The van der Waals surface area contributed by atoms with E-state index in [1.54, 1.807) is 6.07 Å². The molecule has 0 aliphatic rings. The molecule has 0 radical (unpaired) electrons. The average Bonchev–Trinajstić information content (AvgIpc) is 2.83. The second-order valence-corrected chi connectivity index (χ2v) is 3.66. The average molecular weight is 282 g/mol. The fourth-order valence-electron chi connectivity index (χ4n) is 1.57. The van der Waals surface area contributed by atoms with Crippen LogP contribution >= 0.6 is 0 Å². The fourth-order valence-corrected chi connectivity index (χ4v) is 1.57. The van der Waals surface area contributed by atoms with E-state index in [1.165, 1.54) is 18.2 Å². The number of nitrogens with zero attached hydrogens (tertiary/aromatic N) is 4.